The molecule has 2 aromatic carbocycles. The molecule has 2 aliphatic rings. The zero-order valence-electron chi connectivity index (χ0n) is 19.8. The summed E-state index contributed by atoms with van der Waals surface area (Å²) in [6, 6.07) is 17.5. The van der Waals surface area contributed by atoms with Crippen molar-refractivity contribution in [2.24, 2.45) is 0 Å². The minimum absolute atomic E-state index is 0.0139. The van der Waals surface area contributed by atoms with Gasteiger partial charge in [-0.05, 0) is 55.5 Å². The number of anilines is 1. The first-order chi connectivity index (χ1) is 17.2. The molecule has 8 nitrogen and oxygen atoms in total. The van der Waals surface area contributed by atoms with E-state index in [0.29, 0.717) is 25.3 Å². The number of hydrogen-bond donors (Lipinski definition) is 1. The summed E-state index contributed by atoms with van der Waals surface area (Å²) < 4.78 is 7.90. The summed E-state index contributed by atoms with van der Waals surface area (Å²) in [5.41, 5.74) is 2.90. The Kier molecular flexibility index (Phi) is 6.97. The summed E-state index contributed by atoms with van der Waals surface area (Å²) in [5.74, 6) is 0.580. The second-order valence-electron chi connectivity index (χ2n) is 9.07. The Bertz CT molecular complexity index is 1160. The van der Waals surface area contributed by atoms with Gasteiger partial charge in [0.2, 0.25) is 5.91 Å². The van der Waals surface area contributed by atoms with Gasteiger partial charge in [-0.15, -0.1) is 0 Å². The molecule has 0 spiro atoms. The van der Waals surface area contributed by atoms with Crippen LogP contribution in [-0.4, -0.2) is 65.3 Å². The number of nitrogens with zero attached hydrogens (tertiary/aromatic N) is 4. The molecular weight excluding hydrogens is 442 g/mol. The molecule has 182 valence electrons. The standard InChI is InChI=1S/C27H31N5O3/c33-26(28-14-13-21-17-29-32(18-21)22-9-3-1-4-10-22)20-31-19-25(27(34)30-15-7-2-8-16-30)35-24-12-6-5-11-23(24)31/h1,3-6,9-12,17-18,25H,2,7-8,13-16,19-20H2,(H,28,33). The van der Waals surface area contributed by atoms with E-state index in [4.69, 9.17) is 4.74 Å². The highest BCUT2D eigenvalue weighted by atomic mass is 16.5. The molecule has 3 aromatic rings. The number of benzene rings is 2. The van der Waals surface area contributed by atoms with Crippen molar-refractivity contribution >= 4 is 17.5 Å². The SMILES string of the molecule is O=C(CN1CC(C(=O)N2CCCCC2)Oc2ccccc21)NCCc1cnn(-c2ccccc2)c1. The quantitative estimate of drug-likeness (QED) is 0.571. The van der Waals surface area contributed by atoms with E-state index < -0.39 is 6.10 Å². The number of likely N-dealkylation sites (tertiary alicyclic amines) is 1. The predicted octanol–water partition coefficient (Wildman–Crippen LogP) is 2.81. The van der Waals surface area contributed by atoms with Crippen molar-refractivity contribution in [3.05, 3.63) is 72.6 Å². The lowest BCUT2D eigenvalue weighted by Crippen LogP contribution is -2.53. The number of rotatable bonds is 7. The number of piperidine rings is 1. The van der Waals surface area contributed by atoms with Crippen molar-refractivity contribution in [3.63, 3.8) is 0 Å². The minimum atomic E-state index is -0.598. The highest BCUT2D eigenvalue weighted by Gasteiger charge is 2.34. The lowest BCUT2D eigenvalue weighted by atomic mass is 10.1. The van der Waals surface area contributed by atoms with Crippen LogP contribution in [0.15, 0.2) is 67.0 Å². The summed E-state index contributed by atoms with van der Waals surface area (Å²) in [6.07, 6.45) is 7.13. The third-order valence-electron chi connectivity index (χ3n) is 6.53. The van der Waals surface area contributed by atoms with Crippen LogP contribution in [0.1, 0.15) is 24.8 Å². The molecule has 1 fully saturated rings. The highest BCUT2D eigenvalue weighted by molar-refractivity contribution is 5.86. The predicted molar refractivity (Wildman–Crippen MR) is 134 cm³/mol. The van der Waals surface area contributed by atoms with Gasteiger partial charge in [0, 0.05) is 25.8 Å². The van der Waals surface area contributed by atoms with Crippen molar-refractivity contribution in [2.45, 2.75) is 31.8 Å². The minimum Gasteiger partial charge on any atom is -0.477 e. The van der Waals surface area contributed by atoms with Gasteiger partial charge in [-0.3, -0.25) is 9.59 Å². The fourth-order valence-electron chi connectivity index (χ4n) is 4.69. The number of hydrogen-bond acceptors (Lipinski definition) is 5. The molecule has 1 N–H and O–H groups in total. The van der Waals surface area contributed by atoms with Crippen LogP contribution in [-0.2, 0) is 16.0 Å². The number of fused-ring (bicyclic) bond motifs is 1. The average Bonchev–Trinajstić information content (AvgIpc) is 3.38. The maximum Gasteiger partial charge on any atom is 0.265 e. The molecule has 35 heavy (non-hydrogen) atoms. The van der Waals surface area contributed by atoms with Gasteiger partial charge >= 0.3 is 0 Å². The first kappa shape index (κ1) is 23.0. The molecule has 2 aliphatic heterocycles. The van der Waals surface area contributed by atoms with Crippen molar-refractivity contribution in [1.82, 2.24) is 20.0 Å². The second-order valence-corrected chi connectivity index (χ2v) is 9.07. The Balaban J connectivity index is 1.17. The molecular formula is C27H31N5O3. The molecule has 2 amide bonds. The molecule has 1 aromatic heterocycles. The van der Waals surface area contributed by atoms with Crippen LogP contribution < -0.4 is 15.0 Å². The van der Waals surface area contributed by atoms with E-state index in [1.165, 1.54) is 0 Å². The maximum absolute atomic E-state index is 13.1. The van der Waals surface area contributed by atoms with Gasteiger partial charge in [0.1, 0.15) is 5.75 Å². The summed E-state index contributed by atoms with van der Waals surface area (Å²) >= 11 is 0. The first-order valence-corrected chi connectivity index (χ1v) is 12.3. The number of ether oxygens (including phenoxy) is 1. The summed E-state index contributed by atoms with van der Waals surface area (Å²) in [7, 11) is 0. The molecule has 0 saturated carbocycles. The monoisotopic (exact) mass is 473 g/mol. The second kappa shape index (κ2) is 10.6. The van der Waals surface area contributed by atoms with E-state index in [1.54, 1.807) is 0 Å². The van der Waals surface area contributed by atoms with Gasteiger partial charge in [-0.25, -0.2) is 4.68 Å². The molecule has 0 aliphatic carbocycles. The third kappa shape index (κ3) is 5.48. The molecule has 5 rings (SSSR count). The third-order valence-corrected chi connectivity index (χ3v) is 6.53. The van der Waals surface area contributed by atoms with Gasteiger partial charge in [-0.1, -0.05) is 30.3 Å². The Labute approximate surface area is 205 Å². The van der Waals surface area contributed by atoms with Crippen molar-refractivity contribution < 1.29 is 14.3 Å². The molecule has 3 heterocycles. The Hall–Kier alpha value is -3.81. The van der Waals surface area contributed by atoms with E-state index >= 15 is 0 Å². The van der Waals surface area contributed by atoms with Crippen molar-refractivity contribution in [1.29, 1.82) is 0 Å². The molecule has 0 bridgehead atoms. The highest BCUT2D eigenvalue weighted by Crippen LogP contribution is 2.33. The number of carbonyl (C=O) groups is 2. The Morgan fingerprint density at radius 3 is 2.60 bits per heavy atom. The van der Waals surface area contributed by atoms with Crippen LogP contribution in [0, 0.1) is 0 Å². The number of para-hydroxylation sites is 3. The molecule has 0 radical (unpaired) electrons. The maximum atomic E-state index is 13.1. The van der Waals surface area contributed by atoms with Gasteiger partial charge in [-0.2, -0.15) is 5.10 Å². The van der Waals surface area contributed by atoms with Gasteiger partial charge in [0.05, 0.1) is 30.7 Å². The van der Waals surface area contributed by atoms with Crippen LogP contribution >= 0.6 is 0 Å². The van der Waals surface area contributed by atoms with Crippen LogP contribution in [0.2, 0.25) is 0 Å². The van der Waals surface area contributed by atoms with Gasteiger partial charge < -0.3 is 19.9 Å². The number of carbonyl (C=O) groups excluding carboxylic acids is 2. The number of nitrogens with one attached hydrogen (secondary N) is 1. The van der Waals surface area contributed by atoms with E-state index in [1.807, 2.05) is 81.5 Å². The fourth-order valence-corrected chi connectivity index (χ4v) is 4.69. The smallest absolute Gasteiger partial charge is 0.265 e. The van der Waals surface area contributed by atoms with E-state index in [-0.39, 0.29) is 18.4 Å². The zero-order valence-corrected chi connectivity index (χ0v) is 19.8. The van der Waals surface area contributed by atoms with Crippen LogP contribution in [0.3, 0.4) is 0 Å². The fraction of sp³-hybridized carbons (Fsp3) is 0.370. The Morgan fingerprint density at radius 2 is 1.77 bits per heavy atom. The average molecular weight is 474 g/mol. The topological polar surface area (TPSA) is 79.7 Å². The van der Waals surface area contributed by atoms with E-state index in [9.17, 15) is 9.59 Å². The lowest BCUT2D eigenvalue weighted by molar-refractivity contribution is -0.139. The first-order valence-electron chi connectivity index (χ1n) is 12.3. The molecule has 1 unspecified atom stereocenters. The lowest BCUT2D eigenvalue weighted by Gasteiger charge is -2.38. The normalized spacial score (nSPS) is 17.4. The van der Waals surface area contributed by atoms with Crippen LogP contribution in [0.4, 0.5) is 5.69 Å². The number of aromatic nitrogens is 2. The summed E-state index contributed by atoms with van der Waals surface area (Å²) in [5, 5.41) is 7.42. The molecule has 8 heteroatoms. The largest absolute Gasteiger partial charge is 0.477 e. The summed E-state index contributed by atoms with van der Waals surface area (Å²) in [6.45, 7) is 2.61. The molecule has 1 atom stereocenters. The molecule has 1 saturated heterocycles. The van der Waals surface area contributed by atoms with Crippen molar-refractivity contribution in [2.75, 3.05) is 37.6 Å². The van der Waals surface area contributed by atoms with Gasteiger partial charge in [0.25, 0.3) is 5.91 Å². The zero-order chi connectivity index (χ0) is 24.0. The van der Waals surface area contributed by atoms with Crippen molar-refractivity contribution in [3.8, 4) is 11.4 Å². The Morgan fingerprint density at radius 1 is 1.00 bits per heavy atom. The van der Waals surface area contributed by atoms with E-state index in [2.05, 4.69) is 10.4 Å². The van der Waals surface area contributed by atoms with Crippen LogP contribution in [0.25, 0.3) is 5.69 Å². The summed E-state index contributed by atoms with van der Waals surface area (Å²) in [4.78, 5) is 29.8. The van der Waals surface area contributed by atoms with Crippen LogP contribution in [0.5, 0.6) is 5.75 Å². The van der Waals surface area contributed by atoms with E-state index in [0.717, 1.165) is 49.3 Å². The van der Waals surface area contributed by atoms with Gasteiger partial charge in [0.15, 0.2) is 6.10 Å². The number of amides is 2.